The Morgan fingerprint density at radius 1 is 1.00 bits per heavy atom. The first-order chi connectivity index (χ1) is 9.75. The zero-order valence-electron chi connectivity index (χ0n) is 14.7. The maximum absolute atomic E-state index is 9.40. The fourth-order valence-corrected chi connectivity index (χ4v) is 9.11. The zero-order valence-corrected chi connectivity index (χ0v) is 15.7. The van der Waals surface area contributed by atoms with Crippen LogP contribution in [0.2, 0.25) is 16.6 Å². The van der Waals surface area contributed by atoms with E-state index in [1.807, 2.05) is 6.92 Å². The van der Waals surface area contributed by atoms with Crippen LogP contribution in [0.4, 0.5) is 0 Å². The number of rotatable bonds is 7. The number of aliphatic hydroxyl groups excluding tert-OH is 1. The van der Waals surface area contributed by atoms with Crippen LogP contribution in [-0.4, -0.2) is 13.4 Å². The summed E-state index contributed by atoms with van der Waals surface area (Å²) in [6.07, 6.45) is 0. The molecule has 0 saturated carbocycles. The van der Waals surface area contributed by atoms with Gasteiger partial charge < -0.3 is 9.53 Å². The number of aryl methyl sites for hydroxylation is 1. The van der Waals surface area contributed by atoms with Gasteiger partial charge in [-0.05, 0) is 40.2 Å². The van der Waals surface area contributed by atoms with Crippen molar-refractivity contribution in [3.8, 4) is 0 Å². The summed E-state index contributed by atoms with van der Waals surface area (Å²) >= 11 is 0. The van der Waals surface area contributed by atoms with Gasteiger partial charge in [-0.15, -0.1) is 0 Å². The third-order valence-corrected chi connectivity index (χ3v) is 10.8. The fourth-order valence-electron chi connectivity index (χ4n) is 3.69. The van der Waals surface area contributed by atoms with Crippen LogP contribution in [-0.2, 0) is 17.6 Å². The molecular weight excluding hydrogens is 276 g/mol. The van der Waals surface area contributed by atoms with Crippen molar-refractivity contribution in [1.29, 1.82) is 0 Å². The lowest BCUT2D eigenvalue weighted by Gasteiger charge is -2.42. The van der Waals surface area contributed by atoms with E-state index in [0.717, 1.165) is 11.1 Å². The van der Waals surface area contributed by atoms with Gasteiger partial charge in [-0.3, -0.25) is 0 Å². The standard InChI is InChI=1S/C18H32O2Si/c1-13(2)21(14(3)4,15(5)6)20-12-17-9-8-16(7)18(10-17)11-19/h8-10,13-15,19H,11-12H2,1-7H3. The fraction of sp³-hybridized carbons (Fsp3) is 0.667. The average Bonchev–Trinajstić information content (AvgIpc) is 2.39. The SMILES string of the molecule is Cc1ccc(CO[Si](C(C)C)(C(C)C)C(C)C)cc1CO. The Balaban J connectivity index is 2.97. The summed E-state index contributed by atoms with van der Waals surface area (Å²) in [6, 6.07) is 6.28. The third-order valence-electron chi connectivity index (χ3n) is 4.78. The molecule has 21 heavy (non-hydrogen) atoms. The maximum Gasteiger partial charge on any atom is 0.200 e. The van der Waals surface area contributed by atoms with Crippen molar-refractivity contribution in [2.75, 3.05) is 0 Å². The zero-order chi connectivity index (χ0) is 16.2. The summed E-state index contributed by atoms with van der Waals surface area (Å²) < 4.78 is 6.60. The van der Waals surface area contributed by atoms with Crippen LogP contribution in [0.25, 0.3) is 0 Å². The molecule has 0 aliphatic heterocycles. The summed E-state index contributed by atoms with van der Waals surface area (Å²) in [5.74, 6) is 0. The minimum Gasteiger partial charge on any atom is -0.412 e. The summed E-state index contributed by atoms with van der Waals surface area (Å²) in [7, 11) is -1.81. The molecule has 1 aromatic carbocycles. The van der Waals surface area contributed by atoms with Gasteiger partial charge in [-0.2, -0.15) is 0 Å². The molecule has 0 aromatic heterocycles. The molecular formula is C18H32O2Si. The van der Waals surface area contributed by atoms with Crippen molar-refractivity contribution in [1.82, 2.24) is 0 Å². The quantitative estimate of drug-likeness (QED) is 0.703. The molecule has 0 aliphatic rings. The molecule has 0 bridgehead atoms. The molecule has 0 atom stereocenters. The number of hydrogen-bond acceptors (Lipinski definition) is 2. The topological polar surface area (TPSA) is 29.5 Å². The van der Waals surface area contributed by atoms with Crippen molar-refractivity contribution in [3.05, 3.63) is 34.9 Å². The van der Waals surface area contributed by atoms with Crippen molar-refractivity contribution < 1.29 is 9.53 Å². The second kappa shape index (κ2) is 7.57. The van der Waals surface area contributed by atoms with Crippen LogP contribution < -0.4 is 0 Å². The maximum atomic E-state index is 9.40. The normalized spacial score (nSPS) is 12.7. The van der Waals surface area contributed by atoms with Crippen molar-refractivity contribution >= 4 is 8.32 Å². The van der Waals surface area contributed by atoms with Crippen LogP contribution in [0.1, 0.15) is 58.2 Å². The lowest BCUT2D eigenvalue weighted by molar-refractivity contribution is 0.264. The molecule has 0 unspecified atom stereocenters. The minimum atomic E-state index is -1.81. The predicted octanol–water partition coefficient (Wildman–Crippen LogP) is 5.18. The molecule has 0 heterocycles. The molecule has 0 fully saturated rings. The van der Waals surface area contributed by atoms with Gasteiger partial charge in [0.2, 0.25) is 8.32 Å². The van der Waals surface area contributed by atoms with E-state index in [0.29, 0.717) is 23.2 Å². The summed E-state index contributed by atoms with van der Waals surface area (Å²) in [5.41, 5.74) is 5.10. The molecule has 0 amide bonds. The monoisotopic (exact) mass is 308 g/mol. The van der Waals surface area contributed by atoms with Gasteiger partial charge in [-0.25, -0.2) is 0 Å². The highest BCUT2D eigenvalue weighted by Crippen LogP contribution is 2.42. The predicted molar refractivity (Wildman–Crippen MR) is 92.9 cm³/mol. The van der Waals surface area contributed by atoms with Gasteiger partial charge in [0.05, 0.1) is 13.2 Å². The van der Waals surface area contributed by atoms with Crippen molar-refractivity contribution in [3.63, 3.8) is 0 Å². The van der Waals surface area contributed by atoms with Crippen molar-refractivity contribution in [2.24, 2.45) is 0 Å². The molecule has 0 saturated heterocycles. The van der Waals surface area contributed by atoms with E-state index < -0.39 is 8.32 Å². The highest BCUT2D eigenvalue weighted by molar-refractivity contribution is 6.77. The average molecular weight is 309 g/mol. The Kier molecular flexibility index (Phi) is 6.63. The second-order valence-corrected chi connectivity index (χ2v) is 12.5. The Bertz CT molecular complexity index is 431. The largest absolute Gasteiger partial charge is 0.412 e. The Hall–Kier alpha value is -0.643. The van der Waals surface area contributed by atoms with E-state index in [9.17, 15) is 5.11 Å². The third kappa shape index (κ3) is 3.96. The van der Waals surface area contributed by atoms with Gasteiger partial charge in [0, 0.05) is 0 Å². The summed E-state index contributed by atoms with van der Waals surface area (Å²) in [5, 5.41) is 9.40. The van der Waals surface area contributed by atoms with E-state index in [1.165, 1.54) is 5.56 Å². The molecule has 3 heteroatoms. The molecule has 0 aliphatic carbocycles. The van der Waals surface area contributed by atoms with Gasteiger partial charge in [0.15, 0.2) is 0 Å². The van der Waals surface area contributed by atoms with Gasteiger partial charge in [-0.1, -0.05) is 59.7 Å². The molecule has 0 spiro atoms. The number of hydrogen-bond donors (Lipinski definition) is 1. The molecule has 1 aromatic rings. The Labute approximate surface area is 131 Å². The minimum absolute atomic E-state index is 0.0980. The first-order valence-corrected chi connectivity index (χ1v) is 10.2. The number of benzene rings is 1. The van der Waals surface area contributed by atoms with E-state index in [1.54, 1.807) is 0 Å². The van der Waals surface area contributed by atoms with Crippen LogP contribution in [0.15, 0.2) is 18.2 Å². The number of aliphatic hydroxyl groups is 1. The van der Waals surface area contributed by atoms with Gasteiger partial charge in [0.25, 0.3) is 0 Å². The lowest BCUT2D eigenvalue weighted by atomic mass is 10.1. The van der Waals surface area contributed by atoms with Crippen LogP contribution >= 0.6 is 0 Å². The van der Waals surface area contributed by atoms with E-state index in [2.05, 4.69) is 59.7 Å². The Morgan fingerprint density at radius 2 is 1.52 bits per heavy atom. The highest BCUT2D eigenvalue weighted by Gasteiger charge is 2.44. The molecule has 0 radical (unpaired) electrons. The second-order valence-electron chi connectivity index (χ2n) is 7.03. The van der Waals surface area contributed by atoms with E-state index in [-0.39, 0.29) is 6.61 Å². The van der Waals surface area contributed by atoms with Crippen molar-refractivity contribution in [2.45, 2.75) is 78.3 Å². The van der Waals surface area contributed by atoms with Crippen LogP contribution in [0.5, 0.6) is 0 Å². The first kappa shape index (κ1) is 18.4. The first-order valence-electron chi connectivity index (χ1n) is 8.08. The van der Waals surface area contributed by atoms with Crippen LogP contribution in [0, 0.1) is 6.92 Å². The van der Waals surface area contributed by atoms with Crippen LogP contribution in [0.3, 0.4) is 0 Å². The summed E-state index contributed by atoms with van der Waals surface area (Å²) in [6.45, 7) is 16.6. The van der Waals surface area contributed by atoms with E-state index in [4.69, 9.17) is 4.43 Å². The highest BCUT2D eigenvalue weighted by atomic mass is 28.4. The van der Waals surface area contributed by atoms with E-state index >= 15 is 0 Å². The molecule has 1 N–H and O–H groups in total. The summed E-state index contributed by atoms with van der Waals surface area (Å²) in [4.78, 5) is 0. The molecule has 120 valence electrons. The van der Waals surface area contributed by atoms with Gasteiger partial charge in [0.1, 0.15) is 0 Å². The molecule has 2 nitrogen and oxygen atoms in total. The lowest BCUT2D eigenvalue weighted by Crippen LogP contribution is -2.47. The smallest absolute Gasteiger partial charge is 0.200 e. The Morgan fingerprint density at radius 3 is 1.95 bits per heavy atom. The molecule has 1 rings (SSSR count). The van der Waals surface area contributed by atoms with Gasteiger partial charge >= 0.3 is 0 Å².